The number of amides is 3. The maximum absolute atomic E-state index is 12.7. The number of nitrogens with one attached hydrogen (secondary N) is 3. The van der Waals surface area contributed by atoms with E-state index in [0.29, 0.717) is 23.7 Å². The zero-order valence-corrected chi connectivity index (χ0v) is 17.5. The first-order valence-corrected chi connectivity index (χ1v) is 10.5. The van der Waals surface area contributed by atoms with Gasteiger partial charge >= 0.3 is 11.8 Å². The van der Waals surface area contributed by atoms with Crippen LogP contribution in [0.1, 0.15) is 54.1 Å². The topological polar surface area (TPSA) is 87.3 Å². The lowest BCUT2D eigenvalue weighted by molar-refractivity contribution is -0.137. The number of anilines is 1. The van der Waals surface area contributed by atoms with Crippen molar-refractivity contribution in [2.75, 3.05) is 5.32 Å². The van der Waals surface area contributed by atoms with E-state index in [1.54, 1.807) is 24.3 Å². The fraction of sp³-hybridized carbons (Fsp3) is 0.375. The summed E-state index contributed by atoms with van der Waals surface area (Å²) in [5, 5.41) is 8.29. The van der Waals surface area contributed by atoms with Gasteiger partial charge in [0.05, 0.1) is 11.3 Å². The van der Waals surface area contributed by atoms with Gasteiger partial charge in [-0.15, -0.1) is 0 Å². The molecule has 3 N–H and O–H groups in total. The minimum Gasteiger partial charge on any atom is -0.348 e. The van der Waals surface area contributed by atoms with Crippen molar-refractivity contribution in [2.45, 2.75) is 52.1 Å². The van der Waals surface area contributed by atoms with Crippen LogP contribution in [0.2, 0.25) is 0 Å². The monoisotopic (exact) mass is 407 g/mol. The fourth-order valence-electron chi connectivity index (χ4n) is 3.83. The summed E-state index contributed by atoms with van der Waals surface area (Å²) in [5.74, 6) is -1.38. The molecule has 3 amide bonds. The average molecular weight is 408 g/mol. The molecule has 1 saturated carbocycles. The number of rotatable bonds is 5. The summed E-state index contributed by atoms with van der Waals surface area (Å²) in [6.07, 6.45) is 4.15. The Kier molecular flexibility index (Phi) is 7.22. The number of hydrogen-bond donors (Lipinski definition) is 3. The minimum absolute atomic E-state index is 0.0184. The molecule has 0 spiro atoms. The smallest absolute Gasteiger partial charge is 0.313 e. The summed E-state index contributed by atoms with van der Waals surface area (Å²) in [7, 11) is 0. The Morgan fingerprint density at radius 2 is 1.73 bits per heavy atom. The van der Waals surface area contributed by atoms with Crippen LogP contribution in [0, 0.1) is 12.8 Å². The van der Waals surface area contributed by atoms with Crippen molar-refractivity contribution < 1.29 is 14.4 Å². The van der Waals surface area contributed by atoms with Crippen molar-refractivity contribution in [2.24, 2.45) is 5.92 Å². The van der Waals surface area contributed by atoms with Crippen molar-refractivity contribution in [3.63, 3.8) is 0 Å². The Morgan fingerprint density at radius 1 is 0.967 bits per heavy atom. The molecule has 2 aromatic carbocycles. The molecule has 6 heteroatoms. The molecule has 0 saturated heterocycles. The third kappa shape index (κ3) is 5.69. The van der Waals surface area contributed by atoms with Gasteiger partial charge in [-0.2, -0.15) is 0 Å². The van der Waals surface area contributed by atoms with E-state index >= 15 is 0 Å². The predicted octanol–water partition coefficient (Wildman–Crippen LogP) is 3.56. The van der Waals surface area contributed by atoms with Crippen molar-refractivity contribution in [3.8, 4) is 0 Å². The zero-order chi connectivity index (χ0) is 21.5. The minimum atomic E-state index is -0.758. The highest BCUT2D eigenvalue weighted by atomic mass is 16.2. The zero-order valence-electron chi connectivity index (χ0n) is 17.5. The summed E-state index contributed by atoms with van der Waals surface area (Å²) in [6.45, 7) is 4.47. The standard InChI is InChI=1S/C24H29N3O3/c1-16-8-7-10-18(14-16)15-25-22(28)19-11-4-6-13-21(19)27-24(30)23(29)26-20-12-5-3-9-17(20)2/h4,6-8,10-11,13-14,17,20H,3,5,9,12,15H2,1-2H3,(H,25,28)(H,26,29)(H,27,30)/t17-,20-/m1/s1. The first-order chi connectivity index (χ1) is 14.4. The van der Waals surface area contributed by atoms with Crippen molar-refractivity contribution in [1.29, 1.82) is 0 Å². The highest BCUT2D eigenvalue weighted by molar-refractivity contribution is 6.40. The number of carbonyl (C=O) groups excluding carboxylic acids is 3. The molecule has 2 aromatic rings. The predicted molar refractivity (Wildman–Crippen MR) is 117 cm³/mol. The number of para-hydroxylation sites is 1. The summed E-state index contributed by atoms with van der Waals surface area (Å²) in [5.41, 5.74) is 2.74. The summed E-state index contributed by atoms with van der Waals surface area (Å²) in [4.78, 5) is 37.5. The van der Waals surface area contributed by atoms with Gasteiger partial charge in [0.15, 0.2) is 0 Å². The molecule has 0 unspecified atom stereocenters. The normalized spacial score (nSPS) is 18.3. The van der Waals surface area contributed by atoms with Gasteiger partial charge in [-0.3, -0.25) is 14.4 Å². The van der Waals surface area contributed by atoms with E-state index in [4.69, 9.17) is 0 Å². The van der Waals surface area contributed by atoms with E-state index in [1.807, 2.05) is 31.2 Å². The molecule has 0 heterocycles. The number of hydrogen-bond acceptors (Lipinski definition) is 3. The first kappa shape index (κ1) is 21.6. The molecule has 0 radical (unpaired) electrons. The number of carbonyl (C=O) groups is 3. The summed E-state index contributed by atoms with van der Waals surface area (Å²) < 4.78 is 0. The molecule has 0 bridgehead atoms. The summed E-state index contributed by atoms with van der Waals surface area (Å²) >= 11 is 0. The largest absolute Gasteiger partial charge is 0.348 e. The molecule has 1 aliphatic carbocycles. The van der Waals surface area contributed by atoms with Gasteiger partial charge in [-0.25, -0.2) is 0 Å². The molecule has 3 rings (SSSR count). The Bertz CT molecular complexity index is 925. The van der Waals surface area contributed by atoms with Gasteiger partial charge in [-0.05, 0) is 43.4 Å². The second kappa shape index (κ2) is 10.1. The molecule has 30 heavy (non-hydrogen) atoms. The lowest BCUT2D eigenvalue weighted by Gasteiger charge is -2.29. The van der Waals surface area contributed by atoms with E-state index in [2.05, 4.69) is 22.9 Å². The molecule has 0 aromatic heterocycles. The van der Waals surface area contributed by atoms with Crippen LogP contribution >= 0.6 is 0 Å². The highest BCUT2D eigenvalue weighted by Crippen LogP contribution is 2.23. The Balaban J connectivity index is 1.61. The molecular weight excluding hydrogens is 378 g/mol. The molecule has 1 fully saturated rings. The van der Waals surface area contributed by atoms with Crippen LogP contribution < -0.4 is 16.0 Å². The molecule has 158 valence electrons. The van der Waals surface area contributed by atoms with Gasteiger partial charge < -0.3 is 16.0 Å². The van der Waals surface area contributed by atoms with E-state index in [1.165, 1.54) is 0 Å². The second-order valence-electron chi connectivity index (χ2n) is 8.01. The van der Waals surface area contributed by atoms with Gasteiger partial charge in [-0.1, -0.05) is 61.7 Å². The van der Waals surface area contributed by atoms with Crippen molar-refractivity contribution in [3.05, 3.63) is 65.2 Å². The van der Waals surface area contributed by atoms with E-state index < -0.39 is 11.8 Å². The number of benzene rings is 2. The Morgan fingerprint density at radius 3 is 2.50 bits per heavy atom. The van der Waals surface area contributed by atoms with Gasteiger partial charge in [0.2, 0.25) is 0 Å². The lowest BCUT2D eigenvalue weighted by Crippen LogP contribution is -2.46. The van der Waals surface area contributed by atoms with Crippen LogP contribution in [0.15, 0.2) is 48.5 Å². The molecular formula is C24H29N3O3. The Hall–Kier alpha value is -3.15. The van der Waals surface area contributed by atoms with Crippen molar-refractivity contribution in [1.82, 2.24) is 10.6 Å². The van der Waals surface area contributed by atoms with Crippen molar-refractivity contribution >= 4 is 23.4 Å². The van der Waals surface area contributed by atoms with Gasteiger partial charge in [0.1, 0.15) is 0 Å². The molecule has 6 nitrogen and oxygen atoms in total. The van der Waals surface area contributed by atoms with Crippen LogP contribution in [-0.2, 0) is 16.1 Å². The highest BCUT2D eigenvalue weighted by Gasteiger charge is 2.26. The van der Waals surface area contributed by atoms with Crippen LogP contribution in [0.4, 0.5) is 5.69 Å². The van der Waals surface area contributed by atoms with Gasteiger partial charge in [0.25, 0.3) is 5.91 Å². The third-order valence-corrected chi connectivity index (χ3v) is 5.59. The van der Waals surface area contributed by atoms with Crippen LogP contribution in [0.25, 0.3) is 0 Å². The first-order valence-electron chi connectivity index (χ1n) is 10.5. The van der Waals surface area contributed by atoms with E-state index in [9.17, 15) is 14.4 Å². The SMILES string of the molecule is Cc1cccc(CNC(=O)c2ccccc2NC(=O)C(=O)N[C@@H]2CCCC[C@H]2C)c1. The van der Waals surface area contributed by atoms with E-state index in [-0.39, 0.29) is 11.9 Å². The van der Waals surface area contributed by atoms with Gasteiger partial charge in [0, 0.05) is 12.6 Å². The van der Waals surface area contributed by atoms with Crippen LogP contribution in [0.3, 0.4) is 0 Å². The van der Waals surface area contributed by atoms with E-state index in [0.717, 1.165) is 36.8 Å². The molecule has 1 aliphatic rings. The maximum Gasteiger partial charge on any atom is 0.313 e. The van der Waals surface area contributed by atoms with Crippen LogP contribution in [-0.4, -0.2) is 23.8 Å². The summed E-state index contributed by atoms with van der Waals surface area (Å²) in [6, 6.07) is 14.6. The molecule has 2 atom stereocenters. The van der Waals surface area contributed by atoms with Crippen LogP contribution in [0.5, 0.6) is 0 Å². The maximum atomic E-state index is 12.7. The molecule has 0 aliphatic heterocycles. The third-order valence-electron chi connectivity index (χ3n) is 5.59. The fourth-order valence-corrected chi connectivity index (χ4v) is 3.83. The lowest BCUT2D eigenvalue weighted by atomic mass is 9.86. The number of aryl methyl sites for hydroxylation is 1. The quantitative estimate of drug-likeness (QED) is 0.663. The average Bonchev–Trinajstić information content (AvgIpc) is 2.74. The second-order valence-corrected chi connectivity index (χ2v) is 8.01. The Labute approximate surface area is 177 Å².